The van der Waals surface area contributed by atoms with Crippen molar-refractivity contribution in [1.29, 1.82) is 0 Å². The van der Waals surface area contributed by atoms with Gasteiger partial charge in [0.15, 0.2) is 0 Å². The number of hydrogen-bond donors (Lipinski definition) is 0. The van der Waals surface area contributed by atoms with E-state index in [0.717, 1.165) is 13.0 Å². The molecule has 0 saturated carbocycles. The molecule has 0 fully saturated rings. The Labute approximate surface area is 148 Å². The molecule has 0 saturated heterocycles. The van der Waals surface area contributed by atoms with Gasteiger partial charge < -0.3 is 9.15 Å². The van der Waals surface area contributed by atoms with Gasteiger partial charge in [0.1, 0.15) is 11.3 Å². The zero-order valence-electron chi connectivity index (χ0n) is 13.2. The summed E-state index contributed by atoms with van der Waals surface area (Å²) in [6.07, 6.45) is 2.59. The Morgan fingerprint density at radius 3 is 3.04 bits per heavy atom. The first-order valence-electron chi connectivity index (χ1n) is 7.76. The second kappa shape index (κ2) is 6.55. The number of methoxy groups -OCH3 is 1. The predicted molar refractivity (Wildman–Crippen MR) is 94.6 cm³/mol. The third kappa shape index (κ3) is 2.70. The van der Waals surface area contributed by atoms with E-state index >= 15 is 0 Å². The standard InChI is InChI=1S/C18H17NO3S2/c1-21-18(20)12-5-8-22-14(12)11-19-7-4-15-13(6-10-24-15)17(19)16-3-2-9-23-16/h2-3,5-6,8-10,17H,4,7,11H2,1H3. The van der Waals surface area contributed by atoms with Crippen LogP contribution in [0.15, 0.2) is 45.7 Å². The molecule has 3 aromatic rings. The van der Waals surface area contributed by atoms with Gasteiger partial charge in [0.2, 0.25) is 0 Å². The Morgan fingerprint density at radius 1 is 1.33 bits per heavy atom. The van der Waals surface area contributed by atoms with Gasteiger partial charge in [0.25, 0.3) is 0 Å². The number of furan rings is 1. The van der Waals surface area contributed by atoms with Gasteiger partial charge in [-0.1, -0.05) is 6.07 Å². The Morgan fingerprint density at radius 2 is 2.25 bits per heavy atom. The number of fused-ring (bicyclic) bond motifs is 1. The van der Waals surface area contributed by atoms with E-state index in [1.165, 1.54) is 22.4 Å². The van der Waals surface area contributed by atoms with Crippen LogP contribution in [0.4, 0.5) is 0 Å². The van der Waals surface area contributed by atoms with Gasteiger partial charge in [0.05, 0.1) is 26.0 Å². The molecule has 4 rings (SSSR count). The molecular formula is C18H17NO3S2. The lowest BCUT2D eigenvalue weighted by Gasteiger charge is -2.35. The smallest absolute Gasteiger partial charge is 0.341 e. The highest BCUT2D eigenvalue weighted by Crippen LogP contribution is 2.40. The fourth-order valence-corrected chi connectivity index (χ4v) is 5.04. The maximum atomic E-state index is 11.9. The molecule has 1 atom stereocenters. The van der Waals surface area contributed by atoms with Crippen LogP contribution in [0.2, 0.25) is 0 Å². The average molecular weight is 359 g/mol. The number of rotatable bonds is 4. The third-order valence-corrected chi connectivity index (χ3v) is 6.30. The van der Waals surface area contributed by atoms with Crippen LogP contribution in [-0.2, 0) is 17.7 Å². The van der Waals surface area contributed by atoms with Gasteiger partial charge in [-0.25, -0.2) is 4.79 Å². The Balaban J connectivity index is 1.68. The maximum Gasteiger partial charge on any atom is 0.341 e. The molecule has 1 unspecified atom stereocenters. The highest BCUT2D eigenvalue weighted by atomic mass is 32.1. The number of carbonyl (C=O) groups excluding carboxylic acids is 1. The van der Waals surface area contributed by atoms with Crippen molar-refractivity contribution in [3.05, 3.63) is 67.9 Å². The minimum absolute atomic E-state index is 0.218. The molecule has 124 valence electrons. The Kier molecular flexibility index (Phi) is 4.26. The highest BCUT2D eigenvalue weighted by molar-refractivity contribution is 7.10. The van der Waals surface area contributed by atoms with Crippen molar-refractivity contribution in [2.45, 2.75) is 19.0 Å². The molecule has 1 aliphatic rings. The number of ether oxygens (including phenoxy) is 1. The minimum atomic E-state index is -0.348. The van der Waals surface area contributed by atoms with E-state index < -0.39 is 0 Å². The monoisotopic (exact) mass is 359 g/mol. The zero-order chi connectivity index (χ0) is 16.5. The van der Waals surface area contributed by atoms with Crippen molar-refractivity contribution in [3.63, 3.8) is 0 Å². The van der Waals surface area contributed by atoms with E-state index in [1.807, 2.05) is 11.3 Å². The van der Waals surface area contributed by atoms with E-state index in [-0.39, 0.29) is 12.0 Å². The van der Waals surface area contributed by atoms with Gasteiger partial charge in [-0.3, -0.25) is 4.90 Å². The largest absolute Gasteiger partial charge is 0.467 e. The van der Waals surface area contributed by atoms with Gasteiger partial charge in [-0.15, -0.1) is 22.7 Å². The number of thiophene rings is 2. The molecule has 0 spiro atoms. The summed E-state index contributed by atoms with van der Waals surface area (Å²) < 4.78 is 10.4. The van der Waals surface area contributed by atoms with Gasteiger partial charge in [-0.2, -0.15) is 0 Å². The summed E-state index contributed by atoms with van der Waals surface area (Å²) in [5, 5.41) is 4.28. The van der Waals surface area contributed by atoms with Crippen LogP contribution in [-0.4, -0.2) is 24.5 Å². The van der Waals surface area contributed by atoms with Crippen LogP contribution in [0.25, 0.3) is 0 Å². The summed E-state index contributed by atoms with van der Waals surface area (Å²) in [5.41, 5.74) is 1.89. The molecule has 0 amide bonds. The second-order valence-electron chi connectivity index (χ2n) is 5.69. The van der Waals surface area contributed by atoms with Crippen LogP contribution in [0.1, 0.15) is 37.5 Å². The molecule has 1 aliphatic heterocycles. The molecule has 0 aliphatic carbocycles. The fourth-order valence-electron chi connectivity index (χ4n) is 3.26. The molecule has 3 aromatic heterocycles. The predicted octanol–water partition coefficient (Wildman–Crippen LogP) is 4.34. The fraction of sp³-hybridized carbons (Fsp3) is 0.278. The van der Waals surface area contributed by atoms with Crippen molar-refractivity contribution in [3.8, 4) is 0 Å². The molecule has 24 heavy (non-hydrogen) atoms. The second-order valence-corrected chi connectivity index (χ2v) is 7.67. The number of hydrogen-bond acceptors (Lipinski definition) is 6. The number of nitrogens with zero attached hydrogens (tertiary/aromatic N) is 1. The molecule has 0 bridgehead atoms. The van der Waals surface area contributed by atoms with Crippen molar-refractivity contribution in [2.24, 2.45) is 0 Å². The topological polar surface area (TPSA) is 42.7 Å². The molecule has 4 nitrogen and oxygen atoms in total. The quantitative estimate of drug-likeness (QED) is 0.650. The highest BCUT2D eigenvalue weighted by Gasteiger charge is 2.31. The van der Waals surface area contributed by atoms with Crippen LogP contribution >= 0.6 is 22.7 Å². The average Bonchev–Trinajstić information content (AvgIpc) is 3.35. The van der Waals surface area contributed by atoms with Crippen molar-refractivity contribution >= 4 is 28.6 Å². The summed E-state index contributed by atoms with van der Waals surface area (Å²) in [5.74, 6) is 0.321. The molecule has 6 heteroatoms. The van der Waals surface area contributed by atoms with Gasteiger partial charge in [-0.05, 0) is 40.9 Å². The summed E-state index contributed by atoms with van der Waals surface area (Å²) in [7, 11) is 1.39. The lowest BCUT2D eigenvalue weighted by atomic mass is 9.98. The molecular weight excluding hydrogens is 342 g/mol. The first kappa shape index (κ1) is 15.6. The van der Waals surface area contributed by atoms with Crippen molar-refractivity contribution < 1.29 is 13.9 Å². The van der Waals surface area contributed by atoms with Crippen LogP contribution in [0.5, 0.6) is 0 Å². The van der Waals surface area contributed by atoms with Crippen molar-refractivity contribution in [2.75, 3.05) is 13.7 Å². The molecule has 0 aromatic carbocycles. The molecule has 4 heterocycles. The number of carbonyl (C=O) groups is 1. The van der Waals surface area contributed by atoms with E-state index in [2.05, 4.69) is 33.9 Å². The van der Waals surface area contributed by atoms with Crippen molar-refractivity contribution in [1.82, 2.24) is 4.90 Å². The van der Waals surface area contributed by atoms with Crippen LogP contribution in [0.3, 0.4) is 0 Å². The van der Waals surface area contributed by atoms with E-state index in [9.17, 15) is 4.79 Å². The maximum absolute atomic E-state index is 11.9. The molecule has 0 radical (unpaired) electrons. The third-order valence-electron chi connectivity index (χ3n) is 4.38. The first-order valence-corrected chi connectivity index (χ1v) is 9.52. The first-order chi connectivity index (χ1) is 11.8. The van der Waals surface area contributed by atoms with Gasteiger partial charge in [0, 0.05) is 16.3 Å². The summed E-state index contributed by atoms with van der Waals surface area (Å²) in [6, 6.07) is 8.39. The lowest BCUT2D eigenvalue weighted by molar-refractivity contribution is 0.0595. The number of esters is 1. The summed E-state index contributed by atoms with van der Waals surface area (Å²) >= 11 is 3.60. The Bertz CT molecular complexity index is 834. The summed E-state index contributed by atoms with van der Waals surface area (Å²) in [4.78, 5) is 17.1. The minimum Gasteiger partial charge on any atom is -0.467 e. The van der Waals surface area contributed by atoms with E-state index in [1.54, 1.807) is 23.7 Å². The van der Waals surface area contributed by atoms with E-state index in [0.29, 0.717) is 17.9 Å². The van der Waals surface area contributed by atoms with Crippen LogP contribution in [0, 0.1) is 0 Å². The van der Waals surface area contributed by atoms with E-state index in [4.69, 9.17) is 9.15 Å². The summed E-state index contributed by atoms with van der Waals surface area (Å²) in [6.45, 7) is 1.53. The van der Waals surface area contributed by atoms with Crippen LogP contribution < -0.4 is 0 Å². The normalized spacial score (nSPS) is 17.6. The SMILES string of the molecule is COC(=O)c1ccoc1CN1CCc2sccc2C1c1cccs1. The molecule has 0 N–H and O–H groups in total. The zero-order valence-corrected chi connectivity index (χ0v) is 14.9. The van der Waals surface area contributed by atoms with Gasteiger partial charge >= 0.3 is 5.97 Å². The lowest BCUT2D eigenvalue weighted by Crippen LogP contribution is -2.34. The Hall–Kier alpha value is -1.89.